The Labute approximate surface area is 195 Å². The lowest BCUT2D eigenvalue weighted by Gasteiger charge is -2.15. The normalized spacial score (nSPS) is 11.2. The van der Waals surface area contributed by atoms with Gasteiger partial charge in [-0.3, -0.25) is 4.98 Å². The molecule has 0 amide bonds. The van der Waals surface area contributed by atoms with E-state index in [0.29, 0.717) is 27.7 Å². The maximum Gasteiger partial charge on any atom is 0.420 e. The number of aromatic nitrogens is 2. The van der Waals surface area contributed by atoms with Crippen LogP contribution in [-0.4, -0.2) is 16.6 Å². The fraction of sp³-hybridized carbons (Fsp3) is 0.375. The van der Waals surface area contributed by atoms with Gasteiger partial charge in [-0.25, -0.2) is 4.98 Å². The molecule has 9 heteroatoms. The van der Waals surface area contributed by atoms with Crippen molar-refractivity contribution in [2.45, 2.75) is 51.6 Å². The number of benzene rings is 1. The Kier molecular flexibility index (Phi) is 8.66. The lowest BCUT2D eigenvalue weighted by molar-refractivity contribution is -0.138. The molecule has 1 aromatic carbocycles. The average Bonchev–Trinajstić information content (AvgIpc) is 3.22. The molecule has 1 N–H and O–H groups in total. The Morgan fingerprint density at radius 1 is 1.12 bits per heavy atom. The monoisotopic (exact) mass is 474 g/mol. The van der Waals surface area contributed by atoms with E-state index in [1.54, 1.807) is 24.5 Å². The summed E-state index contributed by atoms with van der Waals surface area (Å²) < 4.78 is 46.4. The van der Waals surface area contributed by atoms with Crippen LogP contribution in [0.1, 0.15) is 55.9 Å². The summed E-state index contributed by atoms with van der Waals surface area (Å²) in [6.45, 7) is 2.38. The Morgan fingerprint density at radius 3 is 2.61 bits per heavy atom. The fourth-order valence-corrected chi connectivity index (χ4v) is 4.10. The zero-order valence-corrected chi connectivity index (χ0v) is 19.1. The summed E-state index contributed by atoms with van der Waals surface area (Å²) >= 11 is 1.07. The van der Waals surface area contributed by atoms with Crippen molar-refractivity contribution in [2.24, 2.45) is 0 Å². The molecular weight excluding hydrogens is 449 g/mol. The van der Waals surface area contributed by atoms with Crippen LogP contribution in [0.4, 0.5) is 24.0 Å². The molecule has 5 nitrogen and oxygen atoms in total. The third-order valence-electron chi connectivity index (χ3n) is 4.96. The van der Waals surface area contributed by atoms with Crippen molar-refractivity contribution in [1.82, 2.24) is 9.97 Å². The number of hydrogen-bond donors (Lipinski definition) is 1. The number of nitriles is 1. The van der Waals surface area contributed by atoms with E-state index < -0.39 is 11.7 Å². The summed E-state index contributed by atoms with van der Waals surface area (Å²) in [5.41, 5.74) is 0.467. The lowest BCUT2D eigenvalue weighted by Crippen LogP contribution is -2.10. The summed E-state index contributed by atoms with van der Waals surface area (Å²) in [6, 6.07) is 9.42. The van der Waals surface area contributed by atoms with E-state index >= 15 is 0 Å². The summed E-state index contributed by atoms with van der Waals surface area (Å²) in [7, 11) is 0. The van der Waals surface area contributed by atoms with Gasteiger partial charge in [0.25, 0.3) is 0 Å². The highest BCUT2D eigenvalue weighted by molar-refractivity contribution is 7.16. The number of pyridine rings is 1. The van der Waals surface area contributed by atoms with Gasteiger partial charge in [-0.2, -0.15) is 18.4 Å². The van der Waals surface area contributed by atoms with Crippen LogP contribution in [0.5, 0.6) is 5.75 Å². The third kappa shape index (κ3) is 6.93. The highest BCUT2D eigenvalue weighted by Crippen LogP contribution is 2.39. The SMILES string of the molecule is CCCCCCCCOc1ccc(Nc2nc(-c3cccnc3)c(C#N)s2)cc1C(F)(F)F. The molecule has 3 rings (SSSR count). The van der Waals surface area contributed by atoms with Crippen LogP contribution in [0.25, 0.3) is 11.3 Å². The van der Waals surface area contributed by atoms with E-state index in [2.05, 4.69) is 28.3 Å². The molecule has 0 saturated carbocycles. The zero-order chi connectivity index (χ0) is 23.7. The average molecular weight is 475 g/mol. The Hall–Kier alpha value is -3.12. The van der Waals surface area contributed by atoms with Crippen LogP contribution < -0.4 is 10.1 Å². The predicted molar refractivity (Wildman–Crippen MR) is 124 cm³/mol. The van der Waals surface area contributed by atoms with Gasteiger partial charge in [0, 0.05) is 23.6 Å². The zero-order valence-electron chi connectivity index (χ0n) is 18.3. The molecular formula is C24H25F3N4OS. The van der Waals surface area contributed by atoms with Crippen LogP contribution in [-0.2, 0) is 6.18 Å². The van der Waals surface area contributed by atoms with Crippen molar-refractivity contribution in [3.8, 4) is 23.1 Å². The third-order valence-corrected chi connectivity index (χ3v) is 5.83. The van der Waals surface area contributed by atoms with Crippen LogP contribution in [0.2, 0.25) is 0 Å². The summed E-state index contributed by atoms with van der Waals surface area (Å²) in [5, 5.41) is 12.6. The molecule has 174 valence electrons. The Bertz CT molecular complexity index is 1080. The molecule has 0 spiro atoms. The number of ether oxygens (including phenoxy) is 1. The second-order valence-corrected chi connectivity index (χ2v) is 8.50. The number of unbranched alkanes of at least 4 members (excludes halogenated alkanes) is 5. The molecule has 0 aliphatic carbocycles. The van der Waals surface area contributed by atoms with Crippen molar-refractivity contribution in [2.75, 3.05) is 11.9 Å². The smallest absolute Gasteiger partial charge is 0.420 e. The van der Waals surface area contributed by atoms with E-state index in [-0.39, 0.29) is 18.0 Å². The van der Waals surface area contributed by atoms with Gasteiger partial charge >= 0.3 is 6.18 Å². The summed E-state index contributed by atoms with van der Waals surface area (Å²) in [5.74, 6) is -0.186. The molecule has 33 heavy (non-hydrogen) atoms. The minimum atomic E-state index is -4.56. The molecule has 0 atom stereocenters. The highest BCUT2D eigenvalue weighted by Gasteiger charge is 2.35. The predicted octanol–water partition coefficient (Wildman–Crippen LogP) is 7.58. The fourth-order valence-electron chi connectivity index (χ4n) is 3.29. The molecule has 2 heterocycles. The maximum absolute atomic E-state index is 13.7. The van der Waals surface area contributed by atoms with Gasteiger partial charge in [-0.1, -0.05) is 50.4 Å². The van der Waals surface area contributed by atoms with E-state index in [1.807, 2.05) is 0 Å². The second-order valence-electron chi connectivity index (χ2n) is 7.50. The van der Waals surface area contributed by atoms with Gasteiger partial charge in [0.15, 0.2) is 5.13 Å². The number of hydrogen-bond acceptors (Lipinski definition) is 6. The van der Waals surface area contributed by atoms with Gasteiger partial charge < -0.3 is 10.1 Å². The molecule has 0 unspecified atom stereocenters. The maximum atomic E-state index is 13.7. The van der Waals surface area contributed by atoms with Crippen molar-refractivity contribution < 1.29 is 17.9 Å². The lowest BCUT2D eigenvalue weighted by atomic mass is 10.1. The van der Waals surface area contributed by atoms with Crippen LogP contribution in [0, 0.1) is 11.3 Å². The first-order chi connectivity index (χ1) is 15.9. The van der Waals surface area contributed by atoms with E-state index in [1.165, 1.54) is 18.6 Å². The minimum absolute atomic E-state index is 0.186. The summed E-state index contributed by atoms with van der Waals surface area (Å²) in [6.07, 6.45) is 4.80. The molecule has 3 aromatic rings. The molecule has 0 aliphatic heterocycles. The van der Waals surface area contributed by atoms with Crippen molar-refractivity contribution in [3.63, 3.8) is 0 Å². The first-order valence-electron chi connectivity index (χ1n) is 10.8. The molecule has 0 aliphatic rings. The Morgan fingerprint density at radius 2 is 1.91 bits per heavy atom. The van der Waals surface area contributed by atoms with Gasteiger partial charge in [-0.15, -0.1) is 0 Å². The second kappa shape index (κ2) is 11.7. The number of nitrogens with zero attached hydrogens (tertiary/aromatic N) is 3. The number of alkyl halides is 3. The van der Waals surface area contributed by atoms with Gasteiger partial charge in [0.1, 0.15) is 22.4 Å². The van der Waals surface area contributed by atoms with Crippen LogP contribution in [0.15, 0.2) is 42.7 Å². The van der Waals surface area contributed by atoms with Gasteiger partial charge in [0.05, 0.1) is 12.2 Å². The van der Waals surface area contributed by atoms with E-state index in [0.717, 1.165) is 43.1 Å². The molecule has 0 saturated heterocycles. The van der Waals surface area contributed by atoms with Crippen molar-refractivity contribution in [1.29, 1.82) is 5.26 Å². The Balaban J connectivity index is 1.72. The molecule has 0 fully saturated rings. The first-order valence-corrected chi connectivity index (χ1v) is 11.7. The van der Waals surface area contributed by atoms with Crippen molar-refractivity contribution in [3.05, 3.63) is 53.2 Å². The van der Waals surface area contributed by atoms with Crippen LogP contribution in [0.3, 0.4) is 0 Å². The number of thiazole rings is 1. The number of nitrogens with one attached hydrogen (secondary N) is 1. The summed E-state index contributed by atoms with van der Waals surface area (Å²) in [4.78, 5) is 8.76. The topological polar surface area (TPSA) is 70.8 Å². The molecule has 0 radical (unpaired) electrons. The largest absolute Gasteiger partial charge is 0.493 e. The van der Waals surface area contributed by atoms with Gasteiger partial charge in [0.2, 0.25) is 0 Å². The molecule has 2 aromatic heterocycles. The van der Waals surface area contributed by atoms with Gasteiger partial charge in [-0.05, 0) is 36.8 Å². The van der Waals surface area contributed by atoms with E-state index in [4.69, 9.17) is 4.74 Å². The van der Waals surface area contributed by atoms with Crippen LogP contribution >= 0.6 is 11.3 Å². The number of rotatable bonds is 11. The quantitative estimate of drug-likeness (QED) is 0.290. The standard InChI is InChI=1S/C24H25F3N4OS/c1-2-3-4-5-6-7-13-32-20-11-10-18(14-19(20)24(25,26)27)30-23-31-22(21(15-28)33-23)17-9-8-12-29-16-17/h8-12,14,16H,2-7,13H2,1H3,(H,30,31). The minimum Gasteiger partial charge on any atom is -0.493 e. The molecule has 0 bridgehead atoms. The first kappa shape index (κ1) is 24.5. The number of halogens is 3. The van der Waals surface area contributed by atoms with E-state index in [9.17, 15) is 18.4 Å². The highest BCUT2D eigenvalue weighted by atomic mass is 32.1. The van der Waals surface area contributed by atoms with Crippen molar-refractivity contribution >= 4 is 22.2 Å². The number of anilines is 2.